The van der Waals surface area contributed by atoms with E-state index in [1.807, 2.05) is 12.1 Å². The molecule has 1 N–H and O–H groups in total. The molecule has 0 aliphatic heterocycles. The Bertz CT molecular complexity index is 1080. The molecule has 0 saturated carbocycles. The number of carboxylic acids is 1. The van der Waals surface area contributed by atoms with E-state index < -0.39 is 17.9 Å². The first kappa shape index (κ1) is 16.7. The Morgan fingerprint density at radius 3 is 2.22 bits per heavy atom. The van der Waals surface area contributed by atoms with Gasteiger partial charge in [-0.25, -0.2) is 9.18 Å². The molecule has 0 radical (unpaired) electrons. The van der Waals surface area contributed by atoms with Gasteiger partial charge in [-0.05, 0) is 24.3 Å². The molecule has 0 aliphatic carbocycles. The van der Waals surface area contributed by atoms with Gasteiger partial charge in [0.25, 0.3) is 0 Å². The molecular formula is C20H14FN3O3. The number of rotatable bonds is 5. The van der Waals surface area contributed by atoms with Crippen molar-refractivity contribution < 1.29 is 19.0 Å². The molecular weight excluding hydrogens is 349 g/mol. The summed E-state index contributed by atoms with van der Waals surface area (Å²) in [6.45, 7) is 0. The molecule has 0 aliphatic rings. The van der Waals surface area contributed by atoms with Gasteiger partial charge in [0.2, 0.25) is 6.10 Å². The van der Waals surface area contributed by atoms with Gasteiger partial charge in [0, 0.05) is 11.6 Å². The topological polar surface area (TPSA) is 77.2 Å². The monoisotopic (exact) mass is 363 g/mol. The molecule has 7 heteroatoms. The minimum atomic E-state index is -1.25. The summed E-state index contributed by atoms with van der Waals surface area (Å²) < 4.78 is 19.6. The third-order valence-electron chi connectivity index (χ3n) is 3.99. The third-order valence-corrected chi connectivity index (χ3v) is 3.99. The number of ether oxygens (including phenoxy) is 1. The van der Waals surface area contributed by atoms with Crippen LogP contribution in [0.25, 0.3) is 16.7 Å². The minimum absolute atomic E-state index is 0.160. The summed E-state index contributed by atoms with van der Waals surface area (Å²) in [7, 11) is 0. The van der Waals surface area contributed by atoms with Crippen molar-refractivity contribution in [1.29, 1.82) is 0 Å². The number of carbonyl (C=O) groups is 1. The second-order valence-corrected chi connectivity index (χ2v) is 5.84. The second-order valence-electron chi connectivity index (χ2n) is 5.84. The predicted molar refractivity (Wildman–Crippen MR) is 96.3 cm³/mol. The van der Waals surface area contributed by atoms with Crippen LogP contribution in [-0.2, 0) is 4.79 Å². The van der Waals surface area contributed by atoms with Crippen LogP contribution in [0.15, 0.2) is 72.8 Å². The van der Waals surface area contributed by atoms with Crippen molar-refractivity contribution in [1.82, 2.24) is 15.0 Å². The average molecular weight is 363 g/mol. The number of aromatic nitrogens is 3. The molecule has 0 amide bonds. The number of aliphatic carboxylic acids is 1. The average Bonchev–Trinajstić information content (AvgIpc) is 3.11. The summed E-state index contributed by atoms with van der Waals surface area (Å²) in [5, 5.41) is 18.2. The molecule has 3 aromatic carbocycles. The number of benzene rings is 3. The van der Waals surface area contributed by atoms with Gasteiger partial charge in [0.1, 0.15) is 28.3 Å². The fourth-order valence-electron chi connectivity index (χ4n) is 2.73. The highest BCUT2D eigenvalue weighted by molar-refractivity contribution is 5.75. The standard InChI is InChI=1S/C20H14FN3O3/c21-14-10-11-18(27-19(20(25)26)13-6-2-1-3-7-13)17(12-14)24-22-15-8-4-5-9-16(15)23-24/h1-12,19H,(H,25,26). The summed E-state index contributed by atoms with van der Waals surface area (Å²) in [6, 6.07) is 19.5. The third kappa shape index (κ3) is 3.35. The van der Waals surface area contributed by atoms with Crippen LogP contribution in [0.1, 0.15) is 11.7 Å². The summed E-state index contributed by atoms with van der Waals surface area (Å²) in [5.74, 6) is -1.51. The molecule has 1 heterocycles. The number of nitrogens with zero attached hydrogens (tertiary/aromatic N) is 3. The molecule has 0 saturated heterocycles. The van der Waals surface area contributed by atoms with Crippen LogP contribution in [0.4, 0.5) is 4.39 Å². The van der Waals surface area contributed by atoms with Crippen molar-refractivity contribution in [3.63, 3.8) is 0 Å². The van der Waals surface area contributed by atoms with E-state index >= 15 is 0 Å². The van der Waals surface area contributed by atoms with E-state index in [0.29, 0.717) is 16.6 Å². The lowest BCUT2D eigenvalue weighted by atomic mass is 10.1. The van der Waals surface area contributed by atoms with E-state index in [1.54, 1.807) is 42.5 Å². The van der Waals surface area contributed by atoms with E-state index in [0.717, 1.165) is 0 Å². The highest BCUT2D eigenvalue weighted by Gasteiger charge is 2.24. The summed E-state index contributed by atoms with van der Waals surface area (Å²) in [5.41, 5.74) is 1.95. The van der Waals surface area contributed by atoms with Gasteiger partial charge >= 0.3 is 5.97 Å². The largest absolute Gasteiger partial charge is 0.478 e. The number of carboxylic acid groups (broad SMARTS) is 1. The first-order chi connectivity index (χ1) is 13.1. The molecule has 4 rings (SSSR count). The van der Waals surface area contributed by atoms with Gasteiger partial charge in [0.15, 0.2) is 0 Å². The highest BCUT2D eigenvalue weighted by atomic mass is 19.1. The Balaban J connectivity index is 1.78. The van der Waals surface area contributed by atoms with Crippen LogP contribution in [0.5, 0.6) is 5.75 Å². The Morgan fingerprint density at radius 1 is 0.963 bits per heavy atom. The molecule has 0 bridgehead atoms. The Morgan fingerprint density at radius 2 is 1.59 bits per heavy atom. The van der Waals surface area contributed by atoms with Gasteiger partial charge in [-0.1, -0.05) is 42.5 Å². The highest BCUT2D eigenvalue weighted by Crippen LogP contribution is 2.29. The molecule has 4 aromatic rings. The Kier molecular flexibility index (Phi) is 4.25. The van der Waals surface area contributed by atoms with Crippen LogP contribution in [0.3, 0.4) is 0 Å². The molecule has 134 valence electrons. The lowest BCUT2D eigenvalue weighted by molar-refractivity contribution is -0.145. The van der Waals surface area contributed by atoms with Crippen LogP contribution in [-0.4, -0.2) is 26.1 Å². The minimum Gasteiger partial charge on any atom is -0.478 e. The van der Waals surface area contributed by atoms with Crippen LogP contribution in [0.2, 0.25) is 0 Å². The zero-order valence-electron chi connectivity index (χ0n) is 14.0. The number of fused-ring (bicyclic) bond motifs is 1. The second kappa shape index (κ2) is 6.87. The van der Waals surface area contributed by atoms with Crippen molar-refractivity contribution >= 4 is 17.0 Å². The fourth-order valence-corrected chi connectivity index (χ4v) is 2.73. The molecule has 1 aromatic heterocycles. The van der Waals surface area contributed by atoms with Crippen molar-refractivity contribution in [2.75, 3.05) is 0 Å². The normalized spacial score (nSPS) is 12.0. The maximum absolute atomic E-state index is 13.9. The van der Waals surface area contributed by atoms with Crippen molar-refractivity contribution in [3.8, 4) is 11.4 Å². The summed E-state index contributed by atoms with van der Waals surface area (Å²) >= 11 is 0. The van der Waals surface area contributed by atoms with E-state index in [1.165, 1.54) is 23.0 Å². The van der Waals surface area contributed by atoms with Gasteiger partial charge < -0.3 is 9.84 Å². The van der Waals surface area contributed by atoms with Crippen molar-refractivity contribution in [2.24, 2.45) is 0 Å². The van der Waals surface area contributed by atoms with E-state index in [2.05, 4.69) is 10.2 Å². The Labute approximate surface area is 153 Å². The molecule has 0 spiro atoms. The number of hydrogen-bond donors (Lipinski definition) is 1. The fraction of sp³-hybridized carbons (Fsp3) is 0.0500. The lowest BCUT2D eigenvalue weighted by Gasteiger charge is -2.17. The van der Waals surface area contributed by atoms with Gasteiger partial charge in [-0.3, -0.25) is 0 Å². The predicted octanol–water partition coefficient (Wildman–Crippen LogP) is 3.76. The van der Waals surface area contributed by atoms with Crippen LogP contribution in [0, 0.1) is 5.82 Å². The van der Waals surface area contributed by atoms with E-state index in [4.69, 9.17) is 4.74 Å². The molecule has 1 unspecified atom stereocenters. The first-order valence-electron chi connectivity index (χ1n) is 8.18. The molecule has 27 heavy (non-hydrogen) atoms. The zero-order valence-corrected chi connectivity index (χ0v) is 14.0. The number of hydrogen-bond acceptors (Lipinski definition) is 4. The smallest absolute Gasteiger partial charge is 0.349 e. The molecule has 1 atom stereocenters. The Hall–Kier alpha value is -3.74. The van der Waals surface area contributed by atoms with Gasteiger partial charge in [-0.15, -0.1) is 15.0 Å². The maximum Gasteiger partial charge on any atom is 0.349 e. The van der Waals surface area contributed by atoms with Crippen LogP contribution < -0.4 is 4.74 Å². The number of halogens is 1. The SMILES string of the molecule is O=C(O)C(Oc1ccc(F)cc1-n1nc2ccccc2n1)c1ccccc1. The van der Waals surface area contributed by atoms with Gasteiger partial charge in [0.05, 0.1) is 0 Å². The molecule has 6 nitrogen and oxygen atoms in total. The quantitative estimate of drug-likeness (QED) is 0.584. The van der Waals surface area contributed by atoms with E-state index in [9.17, 15) is 14.3 Å². The first-order valence-corrected chi connectivity index (χ1v) is 8.18. The molecule has 0 fully saturated rings. The van der Waals surface area contributed by atoms with Crippen molar-refractivity contribution in [2.45, 2.75) is 6.10 Å². The zero-order chi connectivity index (χ0) is 18.8. The van der Waals surface area contributed by atoms with Gasteiger partial charge in [-0.2, -0.15) is 0 Å². The van der Waals surface area contributed by atoms with Crippen molar-refractivity contribution in [3.05, 3.63) is 84.2 Å². The summed E-state index contributed by atoms with van der Waals surface area (Å²) in [6.07, 6.45) is -1.25. The summed E-state index contributed by atoms with van der Waals surface area (Å²) in [4.78, 5) is 13.0. The van der Waals surface area contributed by atoms with E-state index in [-0.39, 0.29) is 11.4 Å². The lowest BCUT2D eigenvalue weighted by Crippen LogP contribution is -2.19. The van der Waals surface area contributed by atoms with Crippen LogP contribution >= 0.6 is 0 Å². The maximum atomic E-state index is 13.9.